The summed E-state index contributed by atoms with van der Waals surface area (Å²) in [6.07, 6.45) is 0.690. The lowest BCUT2D eigenvalue weighted by Gasteiger charge is -2.43. The van der Waals surface area contributed by atoms with Crippen LogP contribution in [0.15, 0.2) is 126 Å². The van der Waals surface area contributed by atoms with Crippen LogP contribution in [0.3, 0.4) is 0 Å². The number of halogens is 1. The molecule has 14 heteroatoms. The Morgan fingerprint density at radius 1 is 0.841 bits per heavy atom. The second kappa shape index (κ2) is 20.2. The zero-order chi connectivity index (χ0) is 43.7. The second-order valence-electron chi connectivity index (χ2n) is 15.8. The molecule has 0 aliphatic carbocycles. The molecule has 5 N–H and O–H groups in total. The third-order valence-electron chi connectivity index (χ3n) is 11.5. The van der Waals surface area contributed by atoms with E-state index < -0.39 is 24.2 Å². The molecule has 63 heavy (non-hydrogen) atoms. The van der Waals surface area contributed by atoms with E-state index in [4.69, 9.17) is 30.5 Å². The van der Waals surface area contributed by atoms with E-state index in [1.807, 2.05) is 72.8 Å². The molecule has 13 nitrogen and oxygen atoms in total. The number of aromatic nitrogens is 1. The van der Waals surface area contributed by atoms with Crippen LogP contribution < -0.4 is 25.7 Å². The molecular formula is C49H49ClN4O9. The van der Waals surface area contributed by atoms with E-state index in [1.54, 1.807) is 36.4 Å². The van der Waals surface area contributed by atoms with Gasteiger partial charge in [-0.05, 0) is 108 Å². The van der Waals surface area contributed by atoms with Crippen LogP contribution in [0, 0.1) is 5.92 Å². The topological polar surface area (TPSA) is 172 Å². The molecule has 3 aliphatic heterocycles. The second-order valence-corrected chi connectivity index (χ2v) is 16.2. The Bertz CT molecular complexity index is 2580. The van der Waals surface area contributed by atoms with Crippen molar-refractivity contribution in [3.63, 3.8) is 0 Å². The van der Waals surface area contributed by atoms with Crippen LogP contribution in [0.1, 0.15) is 63.2 Å². The van der Waals surface area contributed by atoms with Crippen molar-refractivity contribution in [1.82, 2.24) is 20.5 Å². The highest BCUT2D eigenvalue weighted by Crippen LogP contribution is 2.32. The number of rotatable bonds is 17. The summed E-state index contributed by atoms with van der Waals surface area (Å²) in [5, 5.41) is 28.2. The van der Waals surface area contributed by atoms with Crippen molar-refractivity contribution in [2.24, 2.45) is 5.92 Å². The zero-order valence-corrected chi connectivity index (χ0v) is 35.3. The van der Waals surface area contributed by atoms with Gasteiger partial charge in [-0.15, -0.1) is 0 Å². The van der Waals surface area contributed by atoms with Gasteiger partial charge >= 0.3 is 12.1 Å². The molecule has 6 aromatic rings. The molecule has 1 unspecified atom stereocenters. The number of aliphatic hydroxyl groups excluding tert-OH is 1. The standard InChI is InChI=1S/C49H49ClN4O9/c50-40-25-32(27-51-28-42(56)38-14-16-41(55)47-39(38)15-18-45(57)52-47)11-17-43(40)60-23-24-61-48(58)35-12-9-31(10-13-35)30-62-37-8-4-7-36(26-37)46(34-5-2-1-3-6-34)53-49(59)63-44-29-54-21-19-33(44)20-22-54/h1-18,25-26,33,42,44,46,51,55-56H,19-24,27-30H2,(H,52,57)(H,53,59)/t42-,44-,46?/m0/s1. The van der Waals surface area contributed by atoms with Crippen molar-refractivity contribution in [3.05, 3.63) is 170 Å². The minimum absolute atomic E-state index is 0.00759. The molecule has 326 valence electrons. The minimum atomic E-state index is -0.899. The average Bonchev–Trinajstić information content (AvgIpc) is 3.30. The number of phenols is 1. The Morgan fingerprint density at radius 2 is 1.62 bits per heavy atom. The predicted molar refractivity (Wildman–Crippen MR) is 238 cm³/mol. The van der Waals surface area contributed by atoms with Crippen LogP contribution in [-0.4, -0.2) is 77.7 Å². The normalized spacial score (nSPS) is 17.7. The predicted octanol–water partition coefficient (Wildman–Crippen LogP) is 7.43. The van der Waals surface area contributed by atoms with E-state index in [-0.39, 0.29) is 49.3 Å². The van der Waals surface area contributed by atoms with Crippen molar-refractivity contribution in [1.29, 1.82) is 0 Å². The number of aromatic hydroxyl groups is 1. The molecule has 3 aliphatic rings. The highest BCUT2D eigenvalue weighted by molar-refractivity contribution is 6.32. The number of H-pyrrole nitrogens is 1. The first-order valence-corrected chi connectivity index (χ1v) is 21.4. The molecule has 1 amide bonds. The lowest BCUT2D eigenvalue weighted by Crippen LogP contribution is -2.52. The quantitative estimate of drug-likeness (QED) is 0.0456. The van der Waals surface area contributed by atoms with Crippen molar-refractivity contribution < 1.29 is 38.7 Å². The van der Waals surface area contributed by atoms with Crippen molar-refractivity contribution in [3.8, 4) is 17.2 Å². The van der Waals surface area contributed by atoms with E-state index in [2.05, 4.69) is 20.5 Å². The zero-order valence-electron chi connectivity index (χ0n) is 34.5. The number of carbonyl (C=O) groups excluding carboxylic acids is 2. The number of nitrogens with zero attached hydrogens (tertiary/aromatic N) is 1. The van der Waals surface area contributed by atoms with E-state index in [0.717, 1.165) is 54.7 Å². The highest BCUT2D eigenvalue weighted by atomic mass is 35.5. The summed E-state index contributed by atoms with van der Waals surface area (Å²) in [5.41, 5.74) is 4.38. The van der Waals surface area contributed by atoms with Gasteiger partial charge in [0.05, 0.1) is 28.2 Å². The lowest BCUT2D eigenvalue weighted by atomic mass is 9.86. The minimum Gasteiger partial charge on any atom is -0.506 e. The Balaban J connectivity index is 0.773. The van der Waals surface area contributed by atoms with Crippen molar-refractivity contribution >= 4 is 34.6 Å². The number of amides is 1. The van der Waals surface area contributed by atoms with Crippen LogP contribution in [0.25, 0.3) is 10.9 Å². The number of pyridine rings is 1. The van der Waals surface area contributed by atoms with E-state index >= 15 is 0 Å². The maximum absolute atomic E-state index is 13.2. The maximum Gasteiger partial charge on any atom is 0.408 e. The van der Waals surface area contributed by atoms with Gasteiger partial charge in [0.1, 0.15) is 43.2 Å². The number of benzene rings is 5. The molecule has 0 saturated carbocycles. The number of alkyl carbamates (subject to hydrolysis) is 1. The summed E-state index contributed by atoms with van der Waals surface area (Å²) in [4.78, 5) is 42.7. The summed E-state index contributed by atoms with van der Waals surface area (Å²) in [5.74, 6) is 0.914. The number of hydrogen-bond acceptors (Lipinski definition) is 11. The monoisotopic (exact) mass is 872 g/mol. The van der Waals surface area contributed by atoms with Crippen molar-refractivity contribution in [2.75, 3.05) is 39.4 Å². The number of carbonyl (C=O) groups is 2. The first-order chi connectivity index (χ1) is 30.7. The first-order valence-electron chi connectivity index (χ1n) is 21.0. The Kier molecular flexibility index (Phi) is 13.9. The van der Waals surface area contributed by atoms with Gasteiger partial charge in [0, 0.05) is 31.1 Å². The molecule has 2 bridgehead atoms. The third-order valence-corrected chi connectivity index (χ3v) is 11.8. The molecular weight excluding hydrogens is 824 g/mol. The van der Waals surface area contributed by atoms with Gasteiger partial charge in [0.2, 0.25) is 5.56 Å². The molecule has 4 heterocycles. The van der Waals surface area contributed by atoms with Gasteiger partial charge in [-0.2, -0.15) is 0 Å². The SMILES string of the molecule is O=C(NC(c1ccccc1)c1cccc(OCc2ccc(C(=O)OCCOc3ccc(CNC[C@H](O)c4ccc(O)c5[nH]c(=O)ccc45)cc3Cl)cc2)c1)O[C@H]1CN2CCC1CC2. The van der Waals surface area contributed by atoms with Crippen LogP contribution in [-0.2, 0) is 22.6 Å². The van der Waals surface area contributed by atoms with Crippen LogP contribution in [0.2, 0.25) is 5.02 Å². The van der Waals surface area contributed by atoms with Gasteiger partial charge in [-0.1, -0.05) is 78.3 Å². The van der Waals surface area contributed by atoms with E-state index in [0.29, 0.717) is 45.5 Å². The number of phenolic OH excluding ortho intramolecular Hbond substituents is 1. The lowest BCUT2D eigenvalue weighted by molar-refractivity contribution is -0.0336. The number of aliphatic hydroxyl groups is 1. The van der Waals surface area contributed by atoms with Gasteiger partial charge in [0.25, 0.3) is 0 Å². The molecule has 3 saturated heterocycles. The number of aromatic amines is 1. The summed E-state index contributed by atoms with van der Waals surface area (Å²) >= 11 is 6.49. The fourth-order valence-electron chi connectivity index (χ4n) is 8.18. The highest BCUT2D eigenvalue weighted by Gasteiger charge is 2.37. The third kappa shape index (κ3) is 11.0. The number of piperidine rings is 3. The number of nitrogens with one attached hydrogen (secondary N) is 3. The van der Waals surface area contributed by atoms with Crippen LogP contribution in [0.4, 0.5) is 4.79 Å². The number of ether oxygens (including phenoxy) is 4. The number of fused-ring (bicyclic) bond motifs is 4. The Hall–Kier alpha value is -6.38. The molecule has 0 spiro atoms. The summed E-state index contributed by atoms with van der Waals surface area (Å²) in [6.45, 7) is 3.90. The maximum atomic E-state index is 13.2. The largest absolute Gasteiger partial charge is 0.506 e. The number of esters is 1. The number of hydrogen-bond donors (Lipinski definition) is 5. The van der Waals surface area contributed by atoms with Gasteiger partial charge < -0.3 is 44.8 Å². The summed E-state index contributed by atoms with van der Waals surface area (Å²) in [7, 11) is 0. The van der Waals surface area contributed by atoms with E-state index in [9.17, 15) is 24.6 Å². The molecule has 1 aromatic heterocycles. The average molecular weight is 873 g/mol. The Labute approximate surface area is 369 Å². The first kappa shape index (κ1) is 43.3. The van der Waals surface area contributed by atoms with Crippen molar-refractivity contribution in [2.45, 2.75) is 44.2 Å². The fourth-order valence-corrected chi connectivity index (χ4v) is 8.44. The molecule has 5 aromatic carbocycles. The summed E-state index contributed by atoms with van der Waals surface area (Å²) in [6, 6.07) is 35.3. The fraction of sp³-hybridized carbons (Fsp3) is 0.286. The van der Waals surface area contributed by atoms with Gasteiger partial charge in [-0.25, -0.2) is 9.59 Å². The molecule has 3 fully saturated rings. The van der Waals surface area contributed by atoms with Gasteiger partial charge in [-0.3, -0.25) is 9.69 Å². The smallest absolute Gasteiger partial charge is 0.408 e. The van der Waals surface area contributed by atoms with Crippen LogP contribution >= 0.6 is 11.6 Å². The molecule has 3 atom stereocenters. The summed E-state index contributed by atoms with van der Waals surface area (Å²) < 4.78 is 23.3. The van der Waals surface area contributed by atoms with Gasteiger partial charge in [0.15, 0.2) is 0 Å². The molecule has 0 radical (unpaired) electrons. The Morgan fingerprint density at radius 3 is 2.38 bits per heavy atom. The molecule has 9 rings (SSSR count). The van der Waals surface area contributed by atoms with Crippen LogP contribution in [0.5, 0.6) is 17.2 Å². The van der Waals surface area contributed by atoms with E-state index in [1.165, 1.54) is 12.1 Å².